The highest BCUT2D eigenvalue weighted by Gasteiger charge is 2.39. The van der Waals surface area contributed by atoms with Crippen LogP contribution in [0.1, 0.15) is 16.7 Å². The SMILES string of the molecule is COc1ccc(C(OC[C@@H](O)C(=O)Nc2cnc(N)[nH]c2=O)(c2ccccc2)c2ccc(OC)cc2)cc1. The third-order valence-electron chi connectivity index (χ3n) is 6.01. The number of hydrogen-bond donors (Lipinski definition) is 4. The predicted molar refractivity (Wildman–Crippen MR) is 142 cm³/mol. The van der Waals surface area contributed by atoms with E-state index in [1.807, 2.05) is 78.9 Å². The molecule has 3 aromatic carbocycles. The first-order chi connectivity index (χ1) is 18.4. The zero-order valence-corrected chi connectivity index (χ0v) is 20.9. The first-order valence-electron chi connectivity index (χ1n) is 11.7. The molecule has 5 N–H and O–H groups in total. The number of nitrogen functional groups attached to an aromatic ring is 1. The number of nitrogens with zero attached hydrogens (tertiary/aromatic N) is 1. The second kappa shape index (κ2) is 11.6. The molecule has 10 nitrogen and oxygen atoms in total. The summed E-state index contributed by atoms with van der Waals surface area (Å²) in [6.07, 6.45) is -0.505. The highest BCUT2D eigenvalue weighted by molar-refractivity contribution is 5.93. The topological polar surface area (TPSA) is 149 Å². The number of aliphatic hydroxyl groups excluding tert-OH is 1. The normalized spacial score (nSPS) is 12.0. The number of aromatic amines is 1. The van der Waals surface area contributed by atoms with Gasteiger partial charge in [-0.05, 0) is 41.0 Å². The van der Waals surface area contributed by atoms with Crippen LogP contribution in [-0.2, 0) is 15.1 Å². The largest absolute Gasteiger partial charge is 0.497 e. The lowest BCUT2D eigenvalue weighted by Gasteiger charge is -2.36. The Hall–Kier alpha value is -4.67. The van der Waals surface area contributed by atoms with E-state index in [1.165, 1.54) is 0 Å². The molecule has 1 aromatic heterocycles. The van der Waals surface area contributed by atoms with Crippen molar-refractivity contribution in [3.63, 3.8) is 0 Å². The monoisotopic (exact) mass is 516 g/mol. The van der Waals surface area contributed by atoms with E-state index in [-0.39, 0.29) is 11.6 Å². The number of anilines is 2. The number of rotatable bonds is 10. The third kappa shape index (κ3) is 5.51. The van der Waals surface area contributed by atoms with Crippen LogP contribution in [0.4, 0.5) is 11.6 Å². The molecule has 0 bridgehead atoms. The molecule has 0 saturated heterocycles. The molecule has 0 fully saturated rings. The molecule has 0 aliphatic rings. The standard InChI is InChI=1S/C28H28N4O6/c1-36-21-12-8-19(9-13-21)28(18-6-4-3-5-7-18,20-10-14-22(37-2)15-11-20)38-17-24(33)26(35)31-23-16-30-27(29)32-25(23)34/h3-16,24,33H,17H2,1-2H3,(H,31,35)(H3,29,30,32,34)/t24-/m1/s1. The summed E-state index contributed by atoms with van der Waals surface area (Å²) < 4.78 is 17.2. The van der Waals surface area contributed by atoms with Gasteiger partial charge in [0.2, 0.25) is 0 Å². The maximum Gasteiger partial charge on any atom is 0.276 e. The molecule has 1 atom stereocenters. The Morgan fingerprint density at radius 2 is 1.47 bits per heavy atom. The van der Waals surface area contributed by atoms with Crippen molar-refractivity contribution >= 4 is 17.5 Å². The number of H-pyrrole nitrogens is 1. The predicted octanol–water partition coefficient (Wildman–Crippen LogP) is 2.68. The first-order valence-corrected chi connectivity index (χ1v) is 11.7. The van der Waals surface area contributed by atoms with Gasteiger partial charge in [0.1, 0.15) is 22.8 Å². The van der Waals surface area contributed by atoms with E-state index < -0.39 is 29.8 Å². The minimum absolute atomic E-state index is 0.0940. The molecule has 0 saturated carbocycles. The van der Waals surface area contributed by atoms with Crippen molar-refractivity contribution in [3.8, 4) is 11.5 Å². The molecule has 4 aromatic rings. The zero-order valence-electron chi connectivity index (χ0n) is 20.9. The van der Waals surface area contributed by atoms with Gasteiger partial charge >= 0.3 is 0 Å². The zero-order chi connectivity index (χ0) is 27.1. The second-order valence-electron chi connectivity index (χ2n) is 8.33. The first kappa shape index (κ1) is 26.4. The van der Waals surface area contributed by atoms with Crippen LogP contribution in [0.5, 0.6) is 11.5 Å². The molecule has 38 heavy (non-hydrogen) atoms. The highest BCUT2D eigenvalue weighted by Crippen LogP contribution is 2.41. The number of ether oxygens (including phenoxy) is 3. The van der Waals surface area contributed by atoms with Crippen molar-refractivity contribution in [3.05, 3.63) is 112 Å². The average molecular weight is 517 g/mol. The fraction of sp³-hybridized carbons (Fsp3) is 0.179. The van der Waals surface area contributed by atoms with Crippen LogP contribution in [0.2, 0.25) is 0 Å². The molecule has 0 spiro atoms. The maximum absolute atomic E-state index is 12.8. The molecule has 0 aliphatic carbocycles. The smallest absolute Gasteiger partial charge is 0.276 e. The number of benzene rings is 3. The number of nitrogens with two attached hydrogens (primary N) is 1. The summed E-state index contributed by atoms with van der Waals surface area (Å²) in [5.74, 6) is 0.386. The van der Waals surface area contributed by atoms with Crippen molar-refractivity contribution in [2.75, 3.05) is 31.9 Å². The lowest BCUT2D eigenvalue weighted by Crippen LogP contribution is -2.40. The number of aliphatic hydroxyl groups is 1. The van der Waals surface area contributed by atoms with E-state index in [0.29, 0.717) is 11.5 Å². The van der Waals surface area contributed by atoms with Crippen LogP contribution in [-0.4, -0.2) is 47.9 Å². The summed E-state index contributed by atoms with van der Waals surface area (Å²) in [5.41, 5.74) is 5.68. The van der Waals surface area contributed by atoms with Gasteiger partial charge in [-0.15, -0.1) is 0 Å². The van der Waals surface area contributed by atoms with E-state index in [0.717, 1.165) is 22.9 Å². The molecular weight excluding hydrogens is 488 g/mol. The molecule has 1 amide bonds. The average Bonchev–Trinajstić information content (AvgIpc) is 2.96. The van der Waals surface area contributed by atoms with Gasteiger partial charge in [-0.2, -0.15) is 0 Å². The minimum Gasteiger partial charge on any atom is -0.497 e. The van der Waals surface area contributed by atoms with E-state index in [2.05, 4.69) is 15.3 Å². The summed E-state index contributed by atoms with van der Waals surface area (Å²) in [4.78, 5) is 30.9. The van der Waals surface area contributed by atoms with Gasteiger partial charge < -0.3 is 30.4 Å². The minimum atomic E-state index is -1.62. The molecule has 1 heterocycles. The Balaban J connectivity index is 1.73. The Morgan fingerprint density at radius 1 is 0.947 bits per heavy atom. The van der Waals surface area contributed by atoms with E-state index >= 15 is 0 Å². The van der Waals surface area contributed by atoms with Gasteiger partial charge in [-0.25, -0.2) is 4.98 Å². The molecule has 10 heteroatoms. The number of amides is 1. The van der Waals surface area contributed by atoms with Crippen LogP contribution in [0.15, 0.2) is 89.9 Å². The number of hydrogen-bond acceptors (Lipinski definition) is 8. The Bertz CT molecular complexity index is 1380. The molecule has 196 valence electrons. The summed E-state index contributed by atoms with van der Waals surface area (Å²) in [6.45, 7) is -0.404. The number of nitrogens with one attached hydrogen (secondary N) is 2. The third-order valence-corrected chi connectivity index (χ3v) is 6.01. The Kier molecular flexibility index (Phi) is 8.05. The lowest BCUT2D eigenvalue weighted by atomic mass is 9.80. The van der Waals surface area contributed by atoms with Gasteiger partial charge in [0.25, 0.3) is 11.5 Å². The van der Waals surface area contributed by atoms with E-state index in [9.17, 15) is 14.7 Å². The van der Waals surface area contributed by atoms with Crippen LogP contribution in [0, 0.1) is 0 Å². The van der Waals surface area contributed by atoms with Crippen molar-refractivity contribution < 1.29 is 24.1 Å². The van der Waals surface area contributed by atoms with Crippen molar-refractivity contribution in [1.82, 2.24) is 9.97 Å². The Morgan fingerprint density at radius 3 is 1.97 bits per heavy atom. The molecule has 0 aliphatic heterocycles. The maximum atomic E-state index is 12.8. The van der Waals surface area contributed by atoms with Crippen molar-refractivity contribution in [2.45, 2.75) is 11.7 Å². The second-order valence-corrected chi connectivity index (χ2v) is 8.33. The molecule has 0 unspecified atom stereocenters. The number of aromatic nitrogens is 2. The van der Waals surface area contributed by atoms with Gasteiger partial charge in [-0.1, -0.05) is 54.6 Å². The van der Waals surface area contributed by atoms with Gasteiger partial charge in [0.15, 0.2) is 12.1 Å². The summed E-state index contributed by atoms with van der Waals surface area (Å²) in [5, 5.41) is 13.1. The summed E-state index contributed by atoms with van der Waals surface area (Å²) in [6, 6.07) is 24.1. The Labute approximate surface area is 219 Å². The fourth-order valence-corrected chi connectivity index (χ4v) is 4.07. The highest BCUT2D eigenvalue weighted by atomic mass is 16.5. The summed E-state index contributed by atoms with van der Waals surface area (Å²) in [7, 11) is 3.16. The lowest BCUT2D eigenvalue weighted by molar-refractivity contribution is -0.130. The van der Waals surface area contributed by atoms with Crippen LogP contribution >= 0.6 is 0 Å². The van der Waals surface area contributed by atoms with Crippen molar-refractivity contribution in [1.29, 1.82) is 0 Å². The molecular formula is C28H28N4O6. The van der Waals surface area contributed by atoms with Gasteiger partial charge in [0, 0.05) is 0 Å². The van der Waals surface area contributed by atoms with Crippen LogP contribution < -0.4 is 26.1 Å². The number of methoxy groups -OCH3 is 2. The molecule has 0 radical (unpaired) electrons. The van der Waals surface area contributed by atoms with Gasteiger partial charge in [-0.3, -0.25) is 14.6 Å². The quantitative estimate of drug-likeness (QED) is 0.235. The summed E-state index contributed by atoms with van der Waals surface area (Å²) >= 11 is 0. The van der Waals surface area contributed by atoms with Gasteiger partial charge in [0.05, 0.1) is 27.0 Å². The van der Waals surface area contributed by atoms with E-state index in [1.54, 1.807) is 14.2 Å². The molecule has 4 rings (SSSR count). The van der Waals surface area contributed by atoms with Crippen LogP contribution in [0.3, 0.4) is 0 Å². The fourth-order valence-electron chi connectivity index (χ4n) is 4.07. The number of carbonyl (C=O) groups is 1. The number of carbonyl (C=O) groups excluding carboxylic acids is 1. The van der Waals surface area contributed by atoms with E-state index in [4.69, 9.17) is 19.9 Å². The van der Waals surface area contributed by atoms with Crippen LogP contribution in [0.25, 0.3) is 0 Å². The van der Waals surface area contributed by atoms with Crippen molar-refractivity contribution in [2.24, 2.45) is 0 Å².